The van der Waals surface area contributed by atoms with Gasteiger partial charge in [-0.05, 0) is 31.5 Å². The molecule has 0 unspecified atom stereocenters. The van der Waals surface area contributed by atoms with Gasteiger partial charge in [0, 0.05) is 11.1 Å². The third kappa shape index (κ3) is 2.85. The van der Waals surface area contributed by atoms with Gasteiger partial charge in [-0.1, -0.05) is 6.58 Å². The molecule has 0 aliphatic rings. The summed E-state index contributed by atoms with van der Waals surface area (Å²) in [6.07, 6.45) is -4.53. The number of nitrogens with one attached hydrogen (secondary N) is 1. The molecule has 0 aliphatic carbocycles. The number of hydrogen-bond acceptors (Lipinski definition) is 2. The van der Waals surface area contributed by atoms with E-state index in [1.54, 1.807) is 0 Å². The number of quaternary nitrogens is 1. The van der Waals surface area contributed by atoms with Crippen molar-refractivity contribution in [2.24, 2.45) is 0 Å². The first kappa shape index (κ1) is 13.7. The highest BCUT2D eigenvalue weighted by molar-refractivity contribution is 5.70. The van der Waals surface area contributed by atoms with Crippen LogP contribution in [0.1, 0.15) is 16.7 Å². The molecule has 17 heavy (non-hydrogen) atoms. The first-order chi connectivity index (χ1) is 7.64. The van der Waals surface area contributed by atoms with Crippen LogP contribution in [-0.2, 0) is 0 Å². The zero-order valence-electron chi connectivity index (χ0n) is 9.31. The summed E-state index contributed by atoms with van der Waals surface area (Å²) >= 11 is 0. The van der Waals surface area contributed by atoms with Crippen molar-refractivity contribution in [3.8, 4) is 0 Å². The summed E-state index contributed by atoms with van der Waals surface area (Å²) in [5.41, 5.74) is -0.745. The van der Waals surface area contributed by atoms with Crippen LogP contribution in [0.25, 0.3) is 5.57 Å². The van der Waals surface area contributed by atoms with Crippen molar-refractivity contribution in [1.82, 2.24) is 0 Å². The van der Waals surface area contributed by atoms with Gasteiger partial charge in [0.2, 0.25) is 0 Å². The van der Waals surface area contributed by atoms with Gasteiger partial charge in [-0.3, -0.25) is 0 Å². The van der Waals surface area contributed by atoms with Crippen molar-refractivity contribution >= 4 is 11.3 Å². The summed E-state index contributed by atoms with van der Waals surface area (Å²) in [5.74, 6) is 0. The van der Waals surface area contributed by atoms with Gasteiger partial charge in [-0.2, -0.15) is 13.2 Å². The Balaban J connectivity index is 3.29. The molecule has 1 rings (SSSR count). The molecule has 0 spiro atoms. The van der Waals surface area contributed by atoms with Gasteiger partial charge >= 0.3 is 6.18 Å². The topological polar surface area (TPSA) is 50.6 Å². The van der Waals surface area contributed by atoms with Crippen molar-refractivity contribution in [3.63, 3.8) is 0 Å². The lowest BCUT2D eigenvalue weighted by Crippen LogP contribution is -2.96. The molecule has 1 N–H and O–H groups in total. The van der Waals surface area contributed by atoms with Crippen molar-refractivity contribution in [1.29, 1.82) is 0 Å². The number of rotatable bonds is 2. The maximum absolute atomic E-state index is 12.4. The molecule has 0 saturated carbocycles. The minimum absolute atomic E-state index is 0.0799. The summed E-state index contributed by atoms with van der Waals surface area (Å²) in [5, 5.41) is 20.1. The summed E-state index contributed by atoms with van der Waals surface area (Å²) in [4.78, 5) is 0. The third-order valence-corrected chi connectivity index (χ3v) is 2.43. The SMILES string of the molecule is C=C(c1cc(C)c([NH+]([O-])[O-])c(C)c1)C(F)(F)F. The van der Waals surface area contributed by atoms with Crippen LogP contribution < -0.4 is 5.23 Å². The average molecular weight is 246 g/mol. The summed E-state index contributed by atoms with van der Waals surface area (Å²) in [6, 6.07) is 2.29. The van der Waals surface area contributed by atoms with E-state index in [-0.39, 0.29) is 22.4 Å². The Morgan fingerprint density at radius 1 is 1.18 bits per heavy atom. The number of hydrogen-bond donors (Lipinski definition) is 1. The molecule has 0 aromatic heterocycles. The van der Waals surface area contributed by atoms with Crippen molar-refractivity contribution in [3.05, 3.63) is 45.8 Å². The standard InChI is InChI=1S/C11H11F3NO2/c1-6-4-9(8(3)11(12,13)14)5-7(2)10(6)15(16)17/h4-5,15H,3H2,1-2H3/q-1. The van der Waals surface area contributed by atoms with Gasteiger partial charge in [-0.15, -0.1) is 0 Å². The quantitative estimate of drug-likeness (QED) is 0.814. The lowest BCUT2D eigenvalue weighted by Gasteiger charge is -2.28. The Morgan fingerprint density at radius 2 is 1.59 bits per heavy atom. The van der Waals surface area contributed by atoms with E-state index >= 15 is 0 Å². The predicted molar refractivity (Wildman–Crippen MR) is 58.4 cm³/mol. The van der Waals surface area contributed by atoms with Crippen LogP contribution >= 0.6 is 0 Å². The van der Waals surface area contributed by atoms with E-state index in [4.69, 9.17) is 0 Å². The van der Waals surface area contributed by atoms with E-state index in [0.717, 1.165) is 12.1 Å². The number of halogens is 3. The van der Waals surface area contributed by atoms with Crippen LogP contribution in [0.15, 0.2) is 18.7 Å². The molecule has 0 aliphatic heterocycles. The minimum Gasteiger partial charge on any atom is -0.628 e. The van der Waals surface area contributed by atoms with Crippen LogP contribution in [0.2, 0.25) is 0 Å². The molecule has 0 atom stereocenters. The minimum atomic E-state index is -4.53. The van der Waals surface area contributed by atoms with Gasteiger partial charge in [-0.25, -0.2) is 0 Å². The van der Waals surface area contributed by atoms with Crippen LogP contribution in [-0.4, -0.2) is 6.18 Å². The molecule has 0 heterocycles. The van der Waals surface area contributed by atoms with E-state index in [2.05, 4.69) is 6.58 Å². The van der Waals surface area contributed by atoms with Gasteiger partial charge < -0.3 is 15.6 Å². The Hall–Kier alpha value is -1.37. The number of benzene rings is 1. The van der Waals surface area contributed by atoms with Crippen molar-refractivity contribution < 1.29 is 18.4 Å². The second kappa shape index (κ2) is 4.48. The maximum Gasteiger partial charge on any atom is 0.416 e. The molecule has 0 bridgehead atoms. The van der Waals surface area contributed by atoms with Gasteiger partial charge in [0.05, 0.1) is 5.57 Å². The first-order valence-corrected chi connectivity index (χ1v) is 4.73. The number of aryl methyl sites for hydroxylation is 2. The molecule has 0 radical (unpaired) electrons. The Labute approximate surface area is 96.3 Å². The average Bonchev–Trinajstić information content (AvgIpc) is 2.13. The second-order valence-corrected chi connectivity index (χ2v) is 3.75. The van der Waals surface area contributed by atoms with Crippen LogP contribution in [0, 0.1) is 24.3 Å². The predicted octanol–water partition coefficient (Wildman–Crippen LogP) is 2.39. The lowest BCUT2D eigenvalue weighted by atomic mass is 9.99. The number of alkyl halides is 3. The van der Waals surface area contributed by atoms with E-state index in [9.17, 15) is 23.6 Å². The molecule has 0 saturated heterocycles. The van der Waals surface area contributed by atoms with Crippen LogP contribution in [0.3, 0.4) is 0 Å². The largest absolute Gasteiger partial charge is 0.628 e. The summed E-state index contributed by atoms with van der Waals surface area (Å²) < 4.78 is 37.3. The fourth-order valence-corrected chi connectivity index (χ4v) is 1.62. The molecule has 1 aromatic carbocycles. The van der Waals surface area contributed by atoms with Crippen LogP contribution in [0.4, 0.5) is 18.9 Å². The Bertz CT molecular complexity index is 430. The van der Waals surface area contributed by atoms with E-state index < -0.39 is 17.0 Å². The molecule has 6 heteroatoms. The first-order valence-electron chi connectivity index (χ1n) is 4.73. The third-order valence-electron chi connectivity index (χ3n) is 2.43. The molecule has 3 nitrogen and oxygen atoms in total. The van der Waals surface area contributed by atoms with Crippen LogP contribution in [0.5, 0.6) is 0 Å². The van der Waals surface area contributed by atoms with Crippen molar-refractivity contribution in [2.75, 3.05) is 0 Å². The fraction of sp³-hybridized carbons (Fsp3) is 0.273. The molecule has 0 fully saturated rings. The normalized spacial score (nSPS) is 12.0. The van der Waals surface area contributed by atoms with Gasteiger partial charge in [0.15, 0.2) is 0 Å². The van der Waals surface area contributed by atoms with Crippen molar-refractivity contribution in [2.45, 2.75) is 20.0 Å². The molecule has 1 aromatic rings. The van der Waals surface area contributed by atoms with Gasteiger partial charge in [0.1, 0.15) is 5.69 Å². The summed E-state index contributed by atoms with van der Waals surface area (Å²) in [7, 11) is 0. The molecular formula is C11H11F3NO2-. The monoisotopic (exact) mass is 246 g/mol. The second-order valence-electron chi connectivity index (χ2n) is 3.75. The highest BCUT2D eigenvalue weighted by atomic mass is 19.4. The Kier molecular flexibility index (Phi) is 3.61. The molecule has 94 valence electrons. The summed E-state index contributed by atoms with van der Waals surface area (Å²) in [6.45, 7) is 5.81. The Morgan fingerprint density at radius 3 is 1.88 bits per heavy atom. The zero-order chi connectivity index (χ0) is 13.4. The highest BCUT2D eigenvalue weighted by Gasteiger charge is 2.33. The lowest BCUT2D eigenvalue weighted by molar-refractivity contribution is -0.715. The fourth-order valence-electron chi connectivity index (χ4n) is 1.62. The van der Waals surface area contributed by atoms with E-state index in [1.165, 1.54) is 13.8 Å². The smallest absolute Gasteiger partial charge is 0.416 e. The molecule has 0 amide bonds. The molecular weight excluding hydrogens is 235 g/mol. The highest BCUT2D eigenvalue weighted by Crippen LogP contribution is 2.34. The van der Waals surface area contributed by atoms with E-state index in [1.807, 2.05) is 0 Å². The van der Waals surface area contributed by atoms with E-state index in [0.29, 0.717) is 0 Å². The maximum atomic E-state index is 12.4. The number of allylic oxidation sites excluding steroid dienone is 1. The van der Waals surface area contributed by atoms with Gasteiger partial charge in [0.25, 0.3) is 0 Å². The zero-order valence-corrected chi connectivity index (χ0v) is 9.31.